The van der Waals surface area contributed by atoms with E-state index in [4.69, 9.17) is 4.52 Å². The van der Waals surface area contributed by atoms with Gasteiger partial charge in [0.25, 0.3) is 5.89 Å². The third kappa shape index (κ3) is 3.31. The molecule has 18 heavy (non-hydrogen) atoms. The molecule has 1 N–H and O–H groups in total. The van der Waals surface area contributed by atoms with E-state index in [1.165, 1.54) is 0 Å². The number of rotatable bonds is 3. The summed E-state index contributed by atoms with van der Waals surface area (Å²) < 4.78 is 5.30. The summed E-state index contributed by atoms with van der Waals surface area (Å²) in [5.41, 5.74) is 1.05. The second kappa shape index (κ2) is 6.87. The van der Waals surface area contributed by atoms with Gasteiger partial charge < -0.3 is 9.84 Å². The van der Waals surface area contributed by atoms with Gasteiger partial charge in [0.2, 0.25) is 0 Å². The van der Waals surface area contributed by atoms with Gasteiger partial charge in [0, 0.05) is 25.2 Å². The smallest absolute Gasteiger partial charge is 0.253 e. The number of aromatic nitrogens is 2. The molecular formula is C12H21ClN4O. The van der Waals surface area contributed by atoms with E-state index >= 15 is 0 Å². The number of allylic oxidation sites excluding steroid dienone is 2. The zero-order valence-corrected chi connectivity index (χ0v) is 12.0. The fourth-order valence-electron chi connectivity index (χ4n) is 2.02. The largest absolute Gasteiger partial charge is 0.334 e. The van der Waals surface area contributed by atoms with E-state index in [9.17, 15) is 0 Å². The quantitative estimate of drug-likeness (QED) is 0.911. The van der Waals surface area contributed by atoms with Crippen LogP contribution in [-0.2, 0) is 0 Å². The molecule has 1 saturated heterocycles. The third-order valence-electron chi connectivity index (χ3n) is 3.10. The minimum absolute atomic E-state index is 0. The molecule has 0 aromatic carbocycles. The highest BCUT2D eigenvalue weighted by molar-refractivity contribution is 5.85. The van der Waals surface area contributed by atoms with Gasteiger partial charge in [0.15, 0.2) is 5.82 Å². The van der Waals surface area contributed by atoms with Crippen LogP contribution in [0.25, 0.3) is 5.57 Å². The number of nitrogens with zero attached hydrogens (tertiary/aromatic N) is 3. The lowest BCUT2D eigenvalue weighted by molar-refractivity contribution is 0.190. The molecule has 1 aromatic heterocycles. The molecule has 1 fully saturated rings. The molecule has 0 bridgehead atoms. The van der Waals surface area contributed by atoms with Crippen molar-refractivity contribution in [3.63, 3.8) is 0 Å². The minimum atomic E-state index is 0. The van der Waals surface area contributed by atoms with Gasteiger partial charge in [-0.2, -0.15) is 4.98 Å². The monoisotopic (exact) mass is 272 g/mol. The zero-order chi connectivity index (χ0) is 12.3. The molecule has 2 rings (SSSR count). The molecule has 6 heteroatoms. The van der Waals surface area contributed by atoms with Crippen molar-refractivity contribution in [3.05, 3.63) is 17.8 Å². The van der Waals surface area contributed by atoms with Crippen LogP contribution in [0.3, 0.4) is 0 Å². The van der Waals surface area contributed by atoms with Crippen molar-refractivity contribution >= 4 is 18.0 Å². The van der Waals surface area contributed by atoms with Gasteiger partial charge in [-0.3, -0.25) is 4.90 Å². The van der Waals surface area contributed by atoms with Crippen molar-refractivity contribution in [2.24, 2.45) is 0 Å². The van der Waals surface area contributed by atoms with Gasteiger partial charge >= 0.3 is 0 Å². The van der Waals surface area contributed by atoms with Crippen molar-refractivity contribution in [1.82, 2.24) is 20.4 Å². The zero-order valence-electron chi connectivity index (χ0n) is 11.1. The SMILES string of the molecule is CC/C=C(/C)c1nc(C2CNCCN2C)no1.Cl. The predicted molar refractivity (Wildman–Crippen MR) is 73.7 cm³/mol. The molecule has 102 valence electrons. The standard InChI is InChI=1S/C12H20N4O.ClH/c1-4-5-9(2)12-14-11(15-17-12)10-8-13-6-7-16(10)3;/h5,10,13H,4,6-8H2,1-3H3;1H/b9-5-;. The molecule has 1 unspecified atom stereocenters. The van der Waals surface area contributed by atoms with Gasteiger partial charge in [-0.15, -0.1) is 12.4 Å². The average molecular weight is 273 g/mol. The molecule has 0 amide bonds. The number of likely N-dealkylation sites (N-methyl/N-ethyl adjacent to an activating group) is 1. The second-order valence-corrected chi connectivity index (χ2v) is 4.45. The first-order valence-electron chi connectivity index (χ1n) is 6.14. The van der Waals surface area contributed by atoms with Crippen LogP contribution in [0.4, 0.5) is 0 Å². The van der Waals surface area contributed by atoms with Gasteiger partial charge in [0.05, 0.1) is 6.04 Å². The maximum atomic E-state index is 5.30. The first-order valence-corrected chi connectivity index (χ1v) is 6.14. The maximum absolute atomic E-state index is 5.30. The summed E-state index contributed by atoms with van der Waals surface area (Å²) in [5, 5.41) is 7.43. The summed E-state index contributed by atoms with van der Waals surface area (Å²) in [6, 6.07) is 0.218. The molecule has 1 aromatic rings. The van der Waals surface area contributed by atoms with Gasteiger partial charge in [0.1, 0.15) is 0 Å². The molecule has 1 aliphatic rings. The Hall–Kier alpha value is -0.910. The molecular weight excluding hydrogens is 252 g/mol. The van der Waals surface area contributed by atoms with Crippen LogP contribution in [-0.4, -0.2) is 41.7 Å². The highest BCUT2D eigenvalue weighted by Gasteiger charge is 2.25. The van der Waals surface area contributed by atoms with E-state index in [1.807, 2.05) is 6.92 Å². The van der Waals surface area contributed by atoms with Crippen LogP contribution in [0.15, 0.2) is 10.6 Å². The van der Waals surface area contributed by atoms with Crippen molar-refractivity contribution < 1.29 is 4.52 Å². The van der Waals surface area contributed by atoms with Crippen molar-refractivity contribution in [3.8, 4) is 0 Å². The average Bonchev–Trinajstić information content (AvgIpc) is 2.79. The summed E-state index contributed by atoms with van der Waals surface area (Å²) >= 11 is 0. The Balaban J connectivity index is 0.00000162. The van der Waals surface area contributed by atoms with Crippen LogP contribution in [0.1, 0.15) is 38.0 Å². The molecule has 0 spiro atoms. The van der Waals surface area contributed by atoms with E-state index in [0.717, 1.165) is 37.5 Å². The Morgan fingerprint density at radius 1 is 1.61 bits per heavy atom. The minimum Gasteiger partial charge on any atom is -0.334 e. The Morgan fingerprint density at radius 2 is 2.39 bits per heavy atom. The summed E-state index contributed by atoms with van der Waals surface area (Å²) in [4.78, 5) is 6.73. The van der Waals surface area contributed by atoms with Crippen molar-refractivity contribution in [2.75, 3.05) is 26.7 Å². The highest BCUT2D eigenvalue weighted by atomic mass is 35.5. The Bertz CT molecular complexity index is 405. The third-order valence-corrected chi connectivity index (χ3v) is 3.10. The van der Waals surface area contributed by atoms with E-state index in [-0.39, 0.29) is 18.4 Å². The fourth-order valence-corrected chi connectivity index (χ4v) is 2.02. The van der Waals surface area contributed by atoms with Crippen LogP contribution >= 0.6 is 12.4 Å². The Kier molecular flexibility index (Phi) is 5.78. The maximum Gasteiger partial charge on any atom is 0.253 e. The molecule has 1 atom stereocenters. The lowest BCUT2D eigenvalue weighted by atomic mass is 10.2. The van der Waals surface area contributed by atoms with Gasteiger partial charge in [-0.1, -0.05) is 18.2 Å². The molecule has 0 radical (unpaired) electrons. The highest BCUT2D eigenvalue weighted by Crippen LogP contribution is 2.20. The number of halogens is 1. The molecule has 5 nitrogen and oxygen atoms in total. The summed E-state index contributed by atoms with van der Waals surface area (Å²) in [5.74, 6) is 1.42. The van der Waals surface area contributed by atoms with E-state index in [0.29, 0.717) is 5.89 Å². The fraction of sp³-hybridized carbons (Fsp3) is 0.667. The first-order chi connectivity index (χ1) is 8.22. The molecule has 0 aliphatic carbocycles. The van der Waals surface area contributed by atoms with Crippen molar-refractivity contribution in [1.29, 1.82) is 0 Å². The Labute approximate surface area is 114 Å². The van der Waals surface area contributed by atoms with Crippen LogP contribution in [0.2, 0.25) is 0 Å². The lowest BCUT2D eigenvalue weighted by Crippen LogP contribution is -2.44. The van der Waals surface area contributed by atoms with Crippen LogP contribution in [0, 0.1) is 0 Å². The van der Waals surface area contributed by atoms with Gasteiger partial charge in [-0.25, -0.2) is 0 Å². The Morgan fingerprint density at radius 3 is 3.06 bits per heavy atom. The lowest BCUT2D eigenvalue weighted by Gasteiger charge is -2.30. The number of hydrogen-bond acceptors (Lipinski definition) is 5. The summed E-state index contributed by atoms with van der Waals surface area (Å²) in [6.07, 6.45) is 3.08. The number of piperazine rings is 1. The van der Waals surface area contributed by atoms with Crippen LogP contribution < -0.4 is 5.32 Å². The predicted octanol–water partition coefficient (Wildman–Crippen LogP) is 1.88. The van der Waals surface area contributed by atoms with E-state index in [2.05, 4.69) is 40.4 Å². The summed E-state index contributed by atoms with van der Waals surface area (Å²) in [6.45, 7) is 7.01. The topological polar surface area (TPSA) is 54.2 Å². The van der Waals surface area contributed by atoms with Crippen LogP contribution in [0.5, 0.6) is 0 Å². The summed E-state index contributed by atoms with van der Waals surface area (Å²) in [7, 11) is 2.09. The molecule has 2 heterocycles. The van der Waals surface area contributed by atoms with Crippen molar-refractivity contribution in [2.45, 2.75) is 26.3 Å². The first kappa shape index (κ1) is 15.1. The number of nitrogens with one attached hydrogen (secondary N) is 1. The normalized spacial score (nSPS) is 21.7. The second-order valence-electron chi connectivity index (χ2n) is 4.45. The van der Waals surface area contributed by atoms with Gasteiger partial charge in [-0.05, 0) is 20.4 Å². The number of hydrogen-bond donors (Lipinski definition) is 1. The van der Waals surface area contributed by atoms with E-state index < -0.39 is 0 Å². The van der Waals surface area contributed by atoms with E-state index in [1.54, 1.807) is 0 Å². The molecule has 0 saturated carbocycles. The molecule has 1 aliphatic heterocycles.